The van der Waals surface area contributed by atoms with Gasteiger partial charge in [0.05, 0.1) is 12.8 Å². The third-order valence-electron chi connectivity index (χ3n) is 2.34. The van der Waals surface area contributed by atoms with Crippen LogP contribution >= 0.6 is 11.8 Å². The molecule has 1 amide bonds. The summed E-state index contributed by atoms with van der Waals surface area (Å²) in [4.78, 5) is 12.2. The molecule has 1 aromatic carbocycles. The van der Waals surface area contributed by atoms with E-state index >= 15 is 0 Å². The molecule has 0 aliphatic carbocycles. The smallest absolute Gasteiger partial charge is 0.288 e. The first kappa shape index (κ1) is 13.6. The molecule has 0 spiro atoms. The van der Waals surface area contributed by atoms with E-state index in [4.69, 9.17) is 4.42 Å². The zero-order valence-electron chi connectivity index (χ0n) is 9.81. The van der Waals surface area contributed by atoms with Crippen LogP contribution in [0.15, 0.2) is 52.0 Å². The average Bonchev–Trinajstić information content (AvgIpc) is 2.89. The molecule has 2 aromatic rings. The maximum atomic E-state index is 12.1. The van der Waals surface area contributed by atoms with Crippen LogP contribution in [0, 0.1) is 0 Å². The third-order valence-corrected chi connectivity index (χ3v) is 3.07. The molecule has 0 aliphatic heterocycles. The minimum atomic E-state index is -2.46. The van der Waals surface area contributed by atoms with Gasteiger partial charge in [0.1, 0.15) is 5.76 Å². The van der Waals surface area contributed by atoms with E-state index in [0.717, 1.165) is 0 Å². The molecule has 1 heterocycles. The maximum absolute atomic E-state index is 12.1. The monoisotopic (exact) mass is 283 g/mol. The lowest BCUT2D eigenvalue weighted by Crippen LogP contribution is -2.22. The van der Waals surface area contributed by atoms with Gasteiger partial charge in [-0.2, -0.15) is 8.78 Å². The zero-order chi connectivity index (χ0) is 13.7. The summed E-state index contributed by atoms with van der Waals surface area (Å²) >= 11 is 0.450. The molecule has 0 fully saturated rings. The van der Waals surface area contributed by atoms with E-state index in [1.807, 2.05) is 0 Å². The highest BCUT2D eigenvalue weighted by Crippen LogP contribution is 2.25. The van der Waals surface area contributed by atoms with E-state index in [1.165, 1.54) is 30.5 Å². The summed E-state index contributed by atoms with van der Waals surface area (Å²) in [6, 6.07) is 9.52. The quantitative estimate of drug-likeness (QED) is 0.854. The molecule has 6 heteroatoms. The van der Waals surface area contributed by atoms with Crippen LogP contribution in [0.2, 0.25) is 0 Å². The summed E-state index contributed by atoms with van der Waals surface area (Å²) in [5.41, 5.74) is 0.421. The van der Waals surface area contributed by atoms with E-state index in [-0.39, 0.29) is 5.91 Å². The van der Waals surface area contributed by atoms with Crippen LogP contribution in [0.3, 0.4) is 0 Å². The van der Waals surface area contributed by atoms with Crippen molar-refractivity contribution in [3.63, 3.8) is 0 Å². The lowest BCUT2D eigenvalue weighted by Gasteiger charge is -2.04. The molecule has 0 bridgehead atoms. The van der Waals surface area contributed by atoms with Crippen molar-refractivity contribution in [1.29, 1.82) is 0 Å². The standard InChI is InChI=1S/C13H11F2NO2S/c14-13(15)19-11-5-3-9(4-6-11)12(17)16-8-10-2-1-7-18-10/h1-7,13H,8H2,(H,16,17). The molecule has 0 unspecified atom stereocenters. The van der Waals surface area contributed by atoms with Gasteiger partial charge in [-0.15, -0.1) is 0 Å². The third kappa shape index (κ3) is 4.10. The number of halogens is 2. The molecular weight excluding hydrogens is 272 g/mol. The Morgan fingerprint density at radius 3 is 2.58 bits per heavy atom. The Morgan fingerprint density at radius 1 is 1.26 bits per heavy atom. The Balaban J connectivity index is 1.92. The van der Waals surface area contributed by atoms with Gasteiger partial charge in [0.15, 0.2) is 0 Å². The molecule has 0 saturated heterocycles. The first-order valence-electron chi connectivity index (χ1n) is 5.50. The lowest BCUT2D eigenvalue weighted by atomic mass is 10.2. The predicted octanol–water partition coefficient (Wildman–Crippen LogP) is 3.52. The fourth-order valence-corrected chi connectivity index (χ4v) is 1.97. The molecule has 19 heavy (non-hydrogen) atoms. The molecular formula is C13H11F2NO2S. The highest BCUT2D eigenvalue weighted by atomic mass is 32.2. The van der Waals surface area contributed by atoms with Gasteiger partial charge in [0.2, 0.25) is 0 Å². The molecule has 100 valence electrons. The van der Waals surface area contributed by atoms with Crippen molar-refractivity contribution in [3.8, 4) is 0 Å². The SMILES string of the molecule is O=C(NCc1ccco1)c1ccc(SC(F)F)cc1. The van der Waals surface area contributed by atoms with Crippen LogP contribution in [-0.4, -0.2) is 11.7 Å². The average molecular weight is 283 g/mol. The minimum Gasteiger partial charge on any atom is -0.467 e. The number of carbonyl (C=O) groups is 1. The van der Waals surface area contributed by atoms with Crippen LogP contribution in [0.5, 0.6) is 0 Å². The Labute approximate surface area is 113 Å². The number of carbonyl (C=O) groups excluding carboxylic acids is 1. The van der Waals surface area contributed by atoms with Gasteiger partial charge in [-0.05, 0) is 36.4 Å². The summed E-state index contributed by atoms with van der Waals surface area (Å²) in [7, 11) is 0. The first-order valence-corrected chi connectivity index (χ1v) is 6.38. The van der Waals surface area contributed by atoms with Crippen molar-refractivity contribution in [1.82, 2.24) is 5.32 Å². The Bertz CT molecular complexity index is 526. The number of hydrogen-bond acceptors (Lipinski definition) is 3. The second kappa shape index (κ2) is 6.38. The molecule has 0 radical (unpaired) electrons. The van der Waals surface area contributed by atoms with Crippen molar-refractivity contribution < 1.29 is 18.0 Å². The van der Waals surface area contributed by atoms with Gasteiger partial charge in [-0.3, -0.25) is 4.79 Å². The van der Waals surface area contributed by atoms with Gasteiger partial charge in [0.25, 0.3) is 11.7 Å². The topological polar surface area (TPSA) is 42.2 Å². The van der Waals surface area contributed by atoms with E-state index in [0.29, 0.717) is 34.5 Å². The van der Waals surface area contributed by atoms with Crippen LogP contribution in [0.1, 0.15) is 16.1 Å². The molecule has 0 atom stereocenters. The number of rotatable bonds is 5. The van der Waals surface area contributed by atoms with Gasteiger partial charge in [0, 0.05) is 10.5 Å². The number of benzene rings is 1. The predicted molar refractivity (Wildman–Crippen MR) is 68.2 cm³/mol. The van der Waals surface area contributed by atoms with Crippen molar-refractivity contribution in [2.24, 2.45) is 0 Å². The van der Waals surface area contributed by atoms with Gasteiger partial charge in [-0.25, -0.2) is 0 Å². The highest BCUT2D eigenvalue weighted by molar-refractivity contribution is 7.99. The van der Waals surface area contributed by atoms with Gasteiger partial charge >= 0.3 is 0 Å². The van der Waals surface area contributed by atoms with E-state index in [9.17, 15) is 13.6 Å². The number of hydrogen-bond donors (Lipinski definition) is 1. The molecule has 2 rings (SSSR count). The Kier molecular flexibility index (Phi) is 4.57. The second-order valence-electron chi connectivity index (χ2n) is 3.66. The fourth-order valence-electron chi connectivity index (χ4n) is 1.47. The van der Waals surface area contributed by atoms with Crippen LogP contribution < -0.4 is 5.32 Å². The van der Waals surface area contributed by atoms with Crippen LogP contribution in [-0.2, 0) is 6.54 Å². The summed E-state index contributed by atoms with van der Waals surface area (Å²) in [6.45, 7) is 0.291. The summed E-state index contributed by atoms with van der Waals surface area (Å²) in [5.74, 6) is -2.08. The normalized spacial score (nSPS) is 10.7. The van der Waals surface area contributed by atoms with Crippen molar-refractivity contribution in [3.05, 3.63) is 54.0 Å². The minimum absolute atomic E-state index is 0.273. The summed E-state index contributed by atoms with van der Waals surface area (Å²) in [5, 5.41) is 2.67. The number of amides is 1. The van der Waals surface area contributed by atoms with E-state index in [2.05, 4.69) is 5.32 Å². The number of thioether (sulfide) groups is 1. The molecule has 1 aromatic heterocycles. The number of alkyl halides is 2. The number of furan rings is 1. The first-order chi connectivity index (χ1) is 9.15. The Morgan fingerprint density at radius 2 is 2.00 bits per heavy atom. The van der Waals surface area contributed by atoms with Gasteiger partial charge < -0.3 is 9.73 Å². The lowest BCUT2D eigenvalue weighted by molar-refractivity contribution is 0.0948. The highest BCUT2D eigenvalue weighted by Gasteiger charge is 2.08. The zero-order valence-corrected chi connectivity index (χ0v) is 10.6. The largest absolute Gasteiger partial charge is 0.467 e. The van der Waals surface area contributed by atoms with Crippen LogP contribution in [0.25, 0.3) is 0 Å². The van der Waals surface area contributed by atoms with Crippen molar-refractivity contribution >= 4 is 17.7 Å². The van der Waals surface area contributed by atoms with E-state index < -0.39 is 5.76 Å². The second-order valence-corrected chi connectivity index (χ2v) is 4.73. The van der Waals surface area contributed by atoms with Crippen molar-refractivity contribution in [2.45, 2.75) is 17.2 Å². The Hall–Kier alpha value is -1.82. The van der Waals surface area contributed by atoms with Crippen molar-refractivity contribution in [2.75, 3.05) is 0 Å². The van der Waals surface area contributed by atoms with E-state index in [1.54, 1.807) is 12.1 Å². The van der Waals surface area contributed by atoms with Crippen LogP contribution in [0.4, 0.5) is 8.78 Å². The fraction of sp³-hybridized carbons (Fsp3) is 0.154. The molecule has 3 nitrogen and oxygen atoms in total. The molecule has 0 saturated carbocycles. The van der Waals surface area contributed by atoms with Gasteiger partial charge in [-0.1, -0.05) is 11.8 Å². The summed E-state index contributed by atoms with van der Waals surface area (Å²) < 4.78 is 29.3. The molecule has 1 N–H and O–H groups in total. The number of nitrogens with one attached hydrogen (secondary N) is 1. The molecule has 0 aliphatic rings. The maximum Gasteiger partial charge on any atom is 0.288 e. The summed E-state index contributed by atoms with van der Waals surface area (Å²) in [6.07, 6.45) is 1.53.